The molecule has 4 aromatic carbocycles. The third-order valence-corrected chi connectivity index (χ3v) is 8.34. The van der Waals surface area contributed by atoms with Crippen molar-refractivity contribution in [1.29, 1.82) is 0 Å². The zero-order valence-electron chi connectivity index (χ0n) is 25.9. The molecule has 0 aliphatic carbocycles. The summed E-state index contributed by atoms with van der Waals surface area (Å²) >= 11 is 0. The van der Waals surface area contributed by atoms with Crippen LogP contribution in [0.4, 0.5) is 0 Å². The van der Waals surface area contributed by atoms with E-state index < -0.39 is 23.8 Å². The molecule has 0 fully saturated rings. The van der Waals surface area contributed by atoms with Crippen molar-refractivity contribution >= 4 is 39.4 Å². The van der Waals surface area contributed by atoms with Gasteiger partial charge in [0.1, 0.15) is 11.8 Å². The predicted octanol–water partition coefficient (Wildman–Crippen LogP) is 5.25. The molecule has 3 amide bonds. The maximum absolute atomic E-state index is 13.7. The first-order valence-corrected chi connectivity index (χ1v) is 15.6. The number of H-pyrrole nitrogens is 1. The van der Waals surface area contributed by atoms with Crippen LogP contribution in [0.5, 0.6) is 5.75 Å². The standard InChI is InChI=1S/C37H40N4O5/c1-46-31-17-16-27-20-26(14-15-28(27)21-31)10-7-11-29(23-35(42)41-45)36(43)40-34(22-30-24-39-33-13-6-5-12-32(30)33)37(44)38-19-18-25-8-3-2-4-9-25/h2-6,8-9,12-17,20-21,24,29,34,39,45H,7,10-11,18-19,22-23H2,1H3,(H,38,44)(H,40,43)(H,41,42)/t29-,34+/m1/s1. The summed E-state index contributed by atoms with van der Waals surface area (Å²) in [6.07, 6.45) is 4.32. The van der Waals surface area contributed by atoms with Gasteiger partial charge in [-0.25, -0.2) is 5.48 Å². The van der Waals surface area contributed by atoms with Crippen LogP contribution >= 0.6 is 0 Å². The first-order valence-electron chi connectivity index (χ1n) is 15.6. The minimum absolute atomic E-state index is 0.199. The number of para-hydroxylation sites is 1. The molecule has 1 heterocycles. The van der Waals surface area contributed by atoms with E-state index in [0.717, 1.165) is 44.1 Å². The van der Waals surface area contributed by atoms with Crippen molar-refractivity contribution in [2.24, 2.45) is 5.92 Å². The molecule has 9 heteroatoms. The Morgan fingerprint density at radius 1 is 0.848 bits per heavy atom. The van der Waals surface area contributed by atoms with Gasteiger partial charge in [-0.1, -0.05) is 72.8 Å². The molecular weight excluding hydrogens is 580 g/mol. The lowest BCUT2D eigenvalue weighted by Gasteiger charge is -2.22. The number of hydrogen-bond acceptors (Lipinski definition) is 5. The Bertz CT molecular complexity index is 1790. The van der Waals surface area contributed by atoms with E-state index in [2.05, 4.69) is 21.7 Å². The van der Waals surface area contributed by atoms with Gasteiger partial charge in [-0.05, 0) is 71.3 Å². The Hall–Kier alpha value is -5.15. The minimum Gasteiger partial charge on any atom is -0.497 e. The monoisotopic (exact) mass is 620 g/mol. The van der Waals surface area contributed by atoms with E-state index in [0.29, 0.717) is 32.2 Å². The first-order chi connectivity index (χ1) is 22.4. The molecule has 46 heavy (non-hydrogen) atoms. The summed E-state index contributed by atoms with van der Waals surface area (Å²) in [4.78, 5) is 42.7. The van der Waals surface area contributed by atoms with Gasteiger partial charge in [0.2, 0.25) is 17.7 Å². The molecule has 9 nitrogen and oxygen atoms in total. The molecule has 5 rings (SSSR count). The fraction of sp³-hybridized carbons (Fsp3) is 0.270. The molecule has 5 N–H and O–H groups in total. The van der Waals surface area contributed by atoms with Gasteiger partial charge in [0, 0.05) is 42.4 Å². The van der Waals surface area contributed by atoms with E-state index in [1.165, 1.54) is 0 Å². The summed E-state index contributed by atoms with van der Waals surface area (Å²) in [7, 11) is 1.64. The number of benzene rings is 4. The molecule has 238 valence electrons. The zero-order chi connectivity index (χ0) is 32.3. The highest BCUT2D eigenvalue weighted by Crippen LogP contribution is 2.24. The quantitative estimate of drug-likeness (QED) is 0.0806. The average Bonchev–Trinajstić information content (AvgIpc) is 3.50. The van der Waals surface area contributed by atoms with Crippen molar-refractivity contribution < 1.29 is 24.3 Å². The molecule has 0 saturated heterocycles. The summed E-state index contributed by atoms with van der Waals surface area (Å²) in [5.41, 5.74) is 5.70. The van der Waals surface area contributed by atoms with Crippen LogP contribution in [0.15, 0.2) is 97.2 Å². The van der Waals surface area contributed by atoms with E-state index in [-0.39, 0.29) is 18.7 Å². The number of hydroxylamine groups is 1. The van der Waals surface area contributed by atoms with Gasteiger partial charge >= 0.3 is 0 Å². The maximum Gasteiger partial charge on any atom is 0.244 e. The Morgan fingerprint density at radius 2 is 1.61 bits per heavy atom. The lowest BCUT2D eigenvalue weighted by Crippen LogP contribution is -2.50. The van der Waals surface area contributed by atoms with Crippen LogP contribution in [0.1, 0.15) is 36.0 Å². The van der Waals surface area contributed by atoms with Crippen molar-refractivity contribution in [3.05, 3.63) is 114 Å². The summed E-state index contributed by atoms with van der Waals surface area (Å²) in [6.45, 7) is 0.415. The molecule has 0 radical (unpaired) electrons. The zero-order valence-corrected chi connectivity index (χ0v) is 25.9. The van der Waals surface area contributed by atoms with Crippen molar-refractivity contribution in [1.82, 2.24) is 21.1 Å². The molecule has 0 unspecified atom stereocenters. The van der Waals surface area contributed by atoms with Crippen LogP contribution in [0.3, 0.4) is 0 Å². The lowest BCUT2D eigenvalue weighted by molar-refractivity contribution is -0.136. The number of rotatable bonds is 15. The molecule has 5 aromatic rings. The SMILES string of the molecule is COc1ccc2cc(CCC[C@H](CC(=O)NO)C(=O)N[C@@H](Cc3c[nH]c4ccccc34)C(=O)NCCc3ccccc3)ccc2c1. The average molecular weight is 621 g/mol. The Kier molecular flexibility index (Phi) is 11.0. The van der Waals surface area contributed by atoms with Gasteiger partial charge in [-0.3, -0.25) is 19.6 Å². The second-order valence-electron chi connectivity index (χ2n) is 11.5. The van der Waals surface area contributed by atoms with Gasteiger partial charge in [0.15, 0.2) is 0 Å². The van der Waals surface area contributed by atoms with Crippen molar-refractivity contribution in [2.45, 2.75) is 44.6 Å². The number of amides is 3. The van der Waals surface area contributed by atoms with Crippen LogP contribution in [-0.4, -0.2) is 47.6 Å². The summed E-state index contributed by atoms with van der Waals surface area (Å²) in [6, 6.07) is 28.9. The van der Waals surface area contributed by atoms with Crippen LogP contribution in [0.25, 0.3) is 21.7 Å². The predicted molar refractivity (Wildman–Crippen MR) is 179 cm³/mol. The Balaban J connectivity index is 1.27. The Labute approximate surface area is 268 Å². The Morgan fingerprint density at radius 3 is 2.41 bits per heavy atom. The highest BCUT2D eigenvalue weighted by atomic mass is 16.5. The lowest BCUT2D eigenvalue weighted by atomic mass is 9.94. The number of fused-ring (bicyclic) bond motifs is 2. The van der Waals surface area contributed by atoms with Gasteiger partial charge in [0.25, 0.3) is 0 Å². The topological polar surface area (TPSA) is 133 Å². The number of aromatic amines is 1. The smallest absolute Gasteiger partial charge is 0.244 e. The second kappa shape index (κ2) is 15.7. The minimum atomic E-state index is -0.861. The van der Waals surface area contributed by atoms with Crippen LogP contribution < -0.4 is 20.9 Å². The van der Waals surface area contributed by atoms with Crippen molar-refractivity contribution in [3.63, 3.8) is 0 Å². The first kappa shape index (κ1) is 32.2. The van der Waals surface area contributed by atoms with E-state index in [4.69, 9.17) is 4.74 Å². The molecular formula is C37H40N4O5. The molecule has 0 aliphatic heterocycles. The number of carbonyl (C=O) groups is 3. The van der Waals surface area contributed by atoms with Crippen LogP contribution in [0, 0.1) is 5.92 Å². The van der Waals surface area contributed by atoms with E-state index in [9.17, 15) is 19.6 Å². The van der Waals surface area contributed by atoms with Gasteiger partial charge < -0.3 is 20.4 Å². The van der Waals surface area contributed by atoms with Crippen molar-refractivity contribution in [2.75, 3.05) is 13.7 Å². The number of nitrogens with one attached hydrogen (secondary N) is 4. The molecule has 0 spiro atoms. The van der Waals surface area contributed by atoms with Gasteiger partial charge in [-0.15, -0.1) is 0 Å². The summed E-state index contributed by atoms with van der Waals surface area (Å²) in [5.74, 6) is -1.30. The van der Waals surface area contributed by atoms with Crippen molar-refractivity contribution in [3.8, 4) is 5.75 Å². The molecule has 0 aliphatic rings. The van der Waals surface area contributed by atoms with Gasteiger partial charge in [0.05, 0.1) is 7.11 Å². The van der Waals surface area contributed by atoms with Crippen LogP contribution in [-0.2, 0) is 33.6 Å². The van der Waals surface area contributed by atoms with Gasteiger partial charge in [-0.2, -0.15) is 0 Å². The number of aromatic nitrogens is 1. The largest absolute Gasteiger partial charge is 0.497 e. The maximum atomic E-state index is 13.7. The third-order valence-electron chi connectivity index (χ3n) is 8.34. The summed E-state index contributed by atoms with van der Waals surface area (Å²) in [5, 5.41) is 18.3. The number of aryl methyl sites for hydroxylation is 1. The molecule has 1 aromatic heterocycles. The highest BCUT2D eigenvalue weighted by molar-refractivity contribution is 5.92. The van der Waals surface area contributed by atoms with Crippen LogP contribution in [0.2, 0.25) is 0 Å². The van der Waals surface area contributed by atoms with E-state index in [1.807, 2.05) is 91.1 Å². The van der Waals surface area contributed by atoms with E-state index >= 15 is 0 Å². The number of methoxy groups -OCH3 is 1. The number of ether oxygens (including phenoxy) is 1. The highest BCUT2D eigenvalue weighted by Gasteiger charge is 2.28. The summed E-state index contributed by atoms with van der Waals surface area (Å²) < 4.78 is 5.32. The second-order valence-corrected chi connectivity index (χ2v) is 11.5. The number of carbonyl (C=O) groups excluding carboxylic acids is 3. The fourth-order valence-electron chi connectivity index (χ4n) is 5.82. The number of hydrogen-bond donors (Lipinski definition) is 5. The fourth-order valence-corrected chi connectivity index (χ4v) is 5.82. The molecule has 0 bridgehead atoms. The molecule has 2 atom stereocenters. The van der Waals surface area contributed by atoms with E-state index in [1.54, 1.807) is 12.6 Å². The molecule has 0 saturated carbocycles. The third kappa shape index (κ3) is 8.51. The normalized spacial score (nSPS) is 12.4.